The first kappa shape index (κ1) is 11.3. The quantitative estimate of drug-likeness (QED) is 0.939. The lowest BCUT2D eigenvalue weighted by molar-refractivity contribution is 0.490. The molecule has 1 aromatic carbocycles. The maximum atomic E-state index is 5.53. The number of aromatic nitrogens is 2. The van der Waals surface area contributed by atoms with Crippen LogP contribution in [-0.2, 0) is 6.54 Å². The van der Waals surface area contributed by atoms with Gasteiger partial charge in [0.25, 0.3) is 0 Å². The van der Waals surface area contributed by atoms with Gasteiger partial charge in [-0.1, -0.05) is 12.1 Å². The van der Waals surface area contributed by atoms with E-state index in [0.717, 1.165) is 15.6 Å². The predicted octanol–water partition coefficient (Wildman–Crippen LogP) is 2.53. The van der Waals surface area contributed by atoms with E-state index in [1.54, 1.807) is 0 Å². The molecule has 1 N–H and O–H groups in total. The van der Waals surface area contributed by atoms with Gasteiger partial charge < -0.3 is 9.73 Å². The van der Waals surface area contributed by atoms with E-state index in [0.29, 0.717) is 18.3 Å². The van der Waals surface area contributed by atoms with E-state index in [1.165, 1.54) is 0 Å². The highest BCUT2D eigenvalue weighted by Crippen LogP contribution is 2.29. The second-order valence-electron chi connectivity index (χ2n) is 3.47. The third kappa shape index (κ3) is 2.15. The molecule has 0 amide bonds. The molecule has 0 aliphatic heterocycles. The molecule has 1 heterocycles. The fraction of sp³-hybridized carbons (Fsp3) is 0.273. The van der Waals surface area contributed by atoms with E-state index in [2.05, 4.69) is 31.4 Å². The zero-order chi connectivity index (χ0) is 11.5. The van der Waals surface area contributed by atoms with Gasteiger partial charge in [0.1, 0.15) is 0 Å². The van der Waals surface area contributed by atoms with Crippen LogP contribution in [0.1, 0.15) is 11.5 Å². The molecular weight excluding hydrogens is 270 g/mol. The minimum absolute atomic E-state index is 0.542. The van der Waals surface area contributed by atoms with Crippen LogP contribution in [0.2, 0.25) is 0 Å². The number of benzene rings is 1. The molecule has 1 aromatic heterocycles. The Bertz CT molecular complexity index is 496. The predicted molar refractivity (Wildman–Crippen MR) is 64.9 cm³/mol. The van der Waals surface area contributed by atoms with Crippen LogP contribution in [0.4, 0.5) is 0 Å². The molecule has 0 saturated heterocycles. The SMILES string of the molecule is CNCc1nnc(-c2cccc(C)c2Br)o1. The first-order valence-corrected chi connectivity index (χ1v) is 5.74. The molecule has 2 rings (SSSR count). The second kappa shape index (κ2) is 4.76. The summed E-state index contributed by atoms with van der Waals surface area (Å²) in [6.07, 6.45) is 0. The summed E-state index contributed by atoms with van der Waals surface area (Å²) in [5, 5.41) is 10.9. The van der Waals surface area contributed by atoms with Crippen molar-refractivity contribution >= 4 is 15.9 Å². The highest BCUT2D eigenvalue weighted by Gasteiger charge is 2.11. The van der Waals surface area contributed by atoms with Crippen LogP contribution in [0.25, 0.3) is 11.5 Å². The number of rotatable bonds is 3. The molecule has 0 spiro atoms. The molecule has 0 fully saturated rings. The van der Waals surface area contributed by atoms with Gasteiger partial charge in [-0.05, 0) is 41.5 Å². The van der Waals surface area contributed by atoms with Crippen molar-refractivity contribution in [2.24, 2.45) is 0 Å². The Morgan fingerprint density at radius 1 is 1.38 bits per heavy atom. The van der Waals surface area contributed by atoms with Crippen molar-refractivity contribution in [2.75, 3.05) is 7.05 Å². The van der Waals surface area contributed by atoms with Gasteiger partial charge in [-0.2, -0.15) is 0 Å². The summed E-state index contributed by atoms with van der Waals surface area (Å²) >= 11 is 3.52. The second-order valence-corrected chi connectivity index (χ2v) is 4.26. The molecule has 0 aliphatic carbocycles. The molecule has 16 heavy (non-hydrogen) atoms. The van der Waals surface area contributed by atoms with Crippen molar-refractivity contribution in [3.8, 4) is 11.5 Å². The molecule has 0 saturated carbocycles. The Kier molecular flexibility index (Phi) is 3.36. The number of halogens is 1. The molecule has 0 radical (unpaired) electrons. The number of hydrogen-bond donors (Lipinski definition) is 1. The fourth-order valence-electron chi connectivity index (χ4n) is 1.40. The highest BCUT2D eigenvalue weighted by molar-refractivity contribution is 9.10. The van der Waals surface area contributed by atoms with Crippen LogP contribution < -0.4 is 5.32 Å². The number of nitrogens with one attached hydrogen (secondary N) is 1. The Morgan fingerprint density at radius 3 is 2.94 bits per heavy atom. The van der Waals surface area contributed by atoms with Crippen molar-refractivity contribution < 1.29 is 4.42 Å². The van der Waals surface area contributed by atoms with Crippen LogP contribution in [0.15, 0.2) is 27.1 Å². The standard InChI is InChI=1S/C11H12BrN3O/c1-7-4-3-5-8(10(7)12)11-15-14-9(16-11)6-13-2/h3-5,13H,6H2,1-2H3. The van der Waals surface area contributed by atoms with Crippen molar-refractivity contribution in [3.63, 3.8) is 0 Å². The fourth-order valence-corrected chi connectivity index (χ4v) is 1.83. The maximum absolute atomic E-state index is 5.53. The van der Waals surface area contributed by atoms with Crippen molar-refractivity contribution in [1.29, 1.82) is 0 Å². The van der Waals surface area contributed by atoms with Gasteiger partial charge in [-0.15, -0.1) is 10.2 Å². The summed E-state index contributed by atoms with van der Waals surface area (Å²) in [7, 11) is 1.84. The minimum Gasteiger partial charge on any atom is -0.419 e. The molecule has 4 nitrogen and oxygen atoms in total. The monoisotopic (exact) mass is 281 g/mol. The van der Waals surface area contributed by atoms with E-state index in [1.807, 2.05) is 32.2 Å². The largest absolute Gasteiger partial charge is 0.419 e. The van der Waals surface area contributed by atoms with Gasteiger partial charge in [0, 0.05) is 4.47 Å². The van der Waals surface area contributed by atoms with Crippen molar-refractivity contribution in [2.45, 2.75) is 13.5 Å². The van der Waals surface area contributed by atoms with Gasteiger partial charge in [0.15, 0.2) is 0 Å². The summed E-state index contributed by atoms with van der Waals surface area (Å²) in [6, 6.07) is 5.95. The van der Waals surface area contributed by atoms with Crippen molar-refractivity contribution in [1.82, 2.24) is 15.5 Å². The number of aryl methyl sites for hydroxylation is 1. The number of nitrogens with zero attached hydrogens (tertiary/aromatic N) is 2. The Labute approximate surface area is 102 Å². The third-order valence-electron chi connectivity index (χ3n) is 2.22. The molecule has 0 aliphatic rings. The third-order valence-corrected chi connectivity index (χ3v) is 3.27. The van der Waals surface area contributed by atoms with Crippen LogP contribution in [0.3, 0.4) is 0 Å². The Morgan fingerprint density at radius 2 is 2.19 bits per heavy atom. The average molecular weight is 282 g/mol. The van der Waals surface area contributed by atoms with Crippen LogP contribution in [-0.4, -0.2) is 17.2 Å². The zero-order valence-electron chi connectivity index (χ0n) is 9.12. The van der Waals surface area contributed by atoms with Crippen LogP contribution in [0, 0.1) is 6.92 Å². The zero-order valence-corrected chi connectivity index (χ0v) is 10.7. The van der Waals surface area contributed by atoms with Gasteiger partial charge in [-0.25, -0.2) is 0 Å². The summed E-state index contributed by atoms with van der Waals surface area (Å²) in [5.41, 5.74) is 2.07. The molecule has 2 aromatic rings. The van der Waals surface area contributed by atoms with E-state index >= 15 is 0 Å². The van der Waals surface area contributed by atoms with E-state index in [9.17, 15) is 0 Å². The Balaban J connectivity index is 2.39. The smallest absolute Gasteiger partial charge is 0.248 e. The molecule has 0 unspecified atom stereocenters. The minimum atomic E-state index is 0.542. The summed E-state index contributed by atoms with van der Waals surface area (Å²) in [4.78, 5) is 0. The normalized spacial score (nSPS) is 10.7. The van der Waals surface area contributed by atoms with Gasteiger partial charge >= 0.3 is 0 Å². The molecule has 84 valence electrons. The average Bonchev–Trinajstić information content (AvgIpc) is 2.71. The van der Waals surface area contributed by atoms with E-state index in [4.69, 9.17) is 4.42 Å². The van der Waals surface area contributed by atoms with Crippen molar-refractivity contribution in [3.05, 3.63) is 34.1 Å². The Hall–Kier alpha value is -1.20. The molecular formula is C11H12BrN3O. The highest BCUT2D eigenvalue weighted by atomic mass is 79.9. The van der Waals surface area contributed by atoms with Crippen LogP contribution in [0.5, 0.6) is 0 Å². The first-order valence-electron chi connectivity index (χ1n) is 4.95. The topological polar surface area (TPSA) is 51.0 Å². The number of hydrogen-bond acceptors (Lipinski definition) is 4. The molecule has 0 bridgehead atoms. The van der Waals surface area contributed by atoms with E-state index in [-0.39, 0.29) is 0 Å². The first-order chi connectivity index (χ1) is 7.72. The van der Waals surface area contributed by atoms with Crippen LogP contribution >= 0.6 is 15.9 Å². The molecule has 5 heteroatoms. The van der Waals surface area contributed by atoms with Gasteiger partial charge in [0.05, 0.1) is 12.1 Å². The summed E-state index contributed by atoms with van der Waals surface area (Å²) in [6.45, 7) is 2.61. The van der Waals surface area contributed by atoms with Gasteiger partial charge in [0.2, 0.25) is 11.8 Å². The van der Waals surface area contributed by atoms with Gasteiger partial charge in [-0.3, -0.25) is 0 Å². The lowest BCUT2D eigenvalue weighted by atomic mass is 10.1. The lowest BCUT2D eigenvalue weighted by Crippen LogP contribution is -2.04. The summed E-state index contributed by atoms with van der Waals surface area (Å²) < 4.78 is 6.53. The lowest BCUT2D eigenvalue weighted by Gasteiger charge is -2.01. The van der Waals surface area contributed by atoms with E-state index < -0.39 is 0 Å². The maximum Gasteiger partial charge on any atom is 0.248 e. The molecule has 0 atom stereocenters. The summed E-state index contributed by atoms with van der Waals surface area (Å²) in [5.74, 6) is 1.13.